The molecule has 0 aliphatic heterocycles. The fourth-order valence-electron chi connectivity index (χ4n) is 1.48. The molecule has 0 N–H and O–H groups in total. The van der Waals surface area contributed by atoms with Crippen molar-refractivity contribution in [3.8, 4) is 0 Å². The van der Waals surface area contributed by atoms with Crippen molar-refractivity contribution in [1.29, 1.82) is 0 Å². The summed E-state index contributed by atoms with van der Waals surface area (Å²) in [6.07, 6.45) is 1.91. The Morgan fingerprint density at radius 2 is 1.87 bits per heavy atom. The number of hydrogen-bond acceptors (Lipinski definition) is 1. The van der Waals surface area contributed by atoms with Crippen LogP contribution in [0.5, 0.6) is 0 Å². The van der Waals surface area contributed by atoms with E-state index in [4.69, 9.17) is 0 Å². The van der Waals surface area contributed by atoms with Crippen LogP contribution in [0.15, 0.2) is 53.7 Å². The highest BCUT2D eigenvalue weighted by atomic mass is 32.2. The first kappa shape index (κ1) is 10.2. The molecule has 0 spiro atoms. The van der Waals surface area contributed by atoms with Crippen molar-refractivity contribution in [3.63, 3.8) is 0 Å². The van der Waals surface area contributed by atoms with Crippen LogP contribution in [-0.4, -0.2) is 8.78 Å². The molecule has 2 nitrogen and oxygen atoms in total. The maximum atomic E-state index is 12.0. The highest BCUT2D eigenvalue weighted by Gasteiger charge is 2.07. The van der Waals surface area contributed by atoms with Gasteiger partial charge in [0.1, 0.15) is 5.03 Å². The third kappa shape index (κ3) is 2.36. The Kier molecular flexibility index (Phi) is 3.02. The normalized spacial score (nSPS) is 12.6. The topological polar surface area (TPSA) is 22.0 Å². The molecule has 0 fully saturated rings. The molecular weight excluding hydrogens is 206 g/mol. The van der Waals surface area contributed by atoms with Crippen molar-refractivity contribution in [2.24, 2.45) is 7.05 Å². The van der Waals surface area contributed by atoms with E-state index in [-0.39, 0.29) is 0 Å². The van der Waals surface area contributed by atoms with Crippen LogP contribution in [0, 0.1) is 0 Å². The zero-order valence-electron chi connectivity index (χ0n) is 8.59. The first-order chi connectivity index (χ1) is 7.27. The summed E-state index contributed by atoms with van der Waals surface area (Å²) in [5.74, 6) is 0.582. The summed E-state index contributed by atoms with van der Waals surface area (Å²) < 4.78 is 13.9. The lowest BCUT2D eigenvalue weighted by atomic mass is 10.2. The summed E-state index contributed by atoms with van der Waals surface area (Å²) in [7, 11) is 0.963. The molecule has 0 aliphatic rings. The van der Waals surface area contributed by atoms with Crippen LogP contribution in [0.4, 0.5) is 0 Å². The molecule has 0 aliphatic carbocycles. The van der Waals surface area contributed by atoms with Crippen LogP contribution in [0.3, 0.4) is 0 Å². The highest BCUT2D eigenvalue weighted by molar-refractivity contribution is 7.84. The van der Waals surface area contributed by atoms with E-state index in [9.17, 15) is 4.21 Å². The van der Waals surface area contributed by atoms with Gasteiger partial charge in [-0.3, -0.25) is 4.21 Å². The second-order valence-corrected chi connectivity index (χ2v) is 4.83. The van der Waals surface area contributed by atoms with Gasteiger partial charge in [0, 0.05) is 13.2 Å². The molecule has 1 atom stereocenters. The van der Waals surface area contributed by atoms with Gasteiger partial charge in [-0.15, -0.1) is 0 Å². The predicted octanol–water partition coefficient (Wildman–Crippen LogP) is 2.33. The van der Waals surface area contributed by atoms with Crippen LogP contribution in [0.1, 0.15) is 5.56 Å². The molecular formula is C12H13NOS. The maximum absolute atomic E-state index is 12.0. The van der Waals surface area contributed by atoms with Crippen LogP contribution >= 0.6 is 0 Å². The van der Waals surface area contributed by atoms with Crippen LogP contribution in [0.2, 0.25) is 0 Å². The van der Waals surface area contributed by atoms with Crippen LogP contribution in [0.25, 0.3) is 0 Å². The van der Waals surface area contributed by atoms with Crippen molar-refractivity contribution in [3.05, 3.63) is 54.2 Å². The van der Waals surface area contributed by atoms with E-state index < -0.39 is 10.8 Å². The molecule has 78 valence electrons. The van der Waals surface area contributed by atoms with Crippen molar-refractivity contribution < 1.29 is 4.21 Å². The van der Waals surface area contributed by atoms with E-state index in [0.29, 0.717) is 5.75 Å². The van der Waals surface area contributed by atoms with Crippen molar-refractivity contribution in [2.75, 3.05) is 0 Å². The minimum Gasteiger partial charge on any atom is -0.344 e. The Morgan fingerprint density at radius 3 is 2.47 bits per heavy atom. The molecule has 0 amide bonds. The number of aryl methyl sites for hydroxylation is 1. The average molecular weight is 219 g/mol. The van der Waals surface area contributed by atoms with E-state index in [2.05, 4.69) is 0 Å². The molecule has 0 bridgehead atoms. The lowest BCUT2D eigenvalue weighted by Crippen LogP contribution is -2.01. The summed E-state index contributed by atoms with van der Waals surface area (Å²) in [6, 6.07) is 13.7. The summed E-state index contributed by atoms with van der Waals surface area (Å²) in [6.45, 7) is 0. The number of hydrogen-bond donors (Lipinski definition) is 0. The van der Waals surface area contributed by atoms with Gasteiger partial charge in [0.05, 0.1) is 16.6 Å². The second kappa shape index (κ2) is 4.45. The van der Waals surface area contributed by atoms with Crippen molar-refractivity contribution in [2.45, 2.75) is 10.8 Å². The Labute approximate surface area is 92.0 Å². The summed E-state index contributed by atoms with van der Waals surface area (Å²) in [4.78, 5) is 0. The molecule has 15 heavy (non-hydrogen) atoms. The van der Waals surface area contributed by atoms with Gasteiger partial charge in [0.15, 0.2) is 0 Å². The monoisotopic (exact) mass is 219 g/mol. The molecule has 0 saturated carbocycles. The van der Waals surface area contributed by atoms with E-state index >= 15 is 0 Å². The summed E-state index contributed by atoms with van der Waals surface area (Å²) in [5, 5.41) is 0.874. The summed E-state index contributed by atoms with van der Waals surface area (Å²) >= 11 is 0. The van der Waals surface area contributed by atoms with Gasteiger partial charge < -0.3 is 4.57 Å². The zero-order valence-corrected chi connectivity index (χ0v) is 9.41. The van der Waals surface area contributed by atoms with Gasteiger partial charge in [-0.1, -0.05) is 30.3 Å². The van der Waals surface area contributed by atoms with Gasteiger partial charge in [-0.05, 0) is 17.7 Å². The Morgan fingerprint density at radius 1 is 1.13 bits per heavy atom. The van der Waals surface area contributed by atoms with Crippen LogP contribution < -0.4 is 0 Å². The fourth-order valence-corrected chi connectivity index (χ4v) is 2.74. The first-order valence-corrected chi connectivity index (χ1v) is 6.13. The quantitative estimate of drug-likeness (QED) is 0.776. The smallest absolute Gasteiger partial charge is 0.106 e. The average Bonchev–Trinajstić information content (AvgIpc) is 2.66. The van der Waals surface area contributed by atoms with Gasteiger partial charge in [0.2, 0.25) is 0 Å². The summed E-state index contributed by atoms with van der Waals surface area (Å²) in [5.41, 5.74) is 1.11. The Bertz CT molecular complexity index is 461. The third-order valence-electron chi connectivity index (χ3n) is 2.27. The van der Waals surface area contributed by atoms with Crippen molar-refractivity contribution >= 4 is 10.8 Å². The molecule has 1 unspecified atom stereocenters. The minimum atomic E-state index is -0.952. The number of benzene rings is 1. The molecule has 0 saturated heterocycles. The fraction of sp³-hybridized carbons (Fsp3) is 0.167. The lowest BCUT2D eigenvalue weighted by molar-refractivity contribution is 0.672. The van der Waals surface area contributed by atoms with Gasteiger partial charge >= 0.3 is 0 Å². The minimum absolute atomic E-state index is 0.582. The number of aromatic nitrogens is 1. The Hall–Kier alpha value is -1.35. The van der Waals surface area contributed by atoms with Crippen molar-refractivity contribution in [1.82, 2.24) is 4.57 Å². The SMILES string of the molecule is Cn1cccc1S(=O)Cc1ccccc1. The molecule has 3 heteroatoms. The van der Waals surface area contributed by atoms with E-state index in [1.807, 2.05) is 60.3 Å². The largest absolute Gasteiger partial charge is 0.344 e. The zero-order chi connectivity index (χ0) is 10.7. The van der Waals surface area contributed by atoms with Gasteiger partial charge in [-0.25, -0.2) is 0 Å². The second-order valence-electron chi connectivity index (χ2n) is 3.43. The number of nitrogens with zero attached hydrogens (tertiary/aromatic N) is 1. The van der Waals surface area contributed by atoms with E-state index in [1.54, 1.807) is 0 Å². The predicted molar refractivity (Wildman–Crippen MR) is 62.0 cm³/mol. The van der Waals surface area contributed by atoms with E-state index in [0.717, 1.165) is 10.6 Å². The first-order valence-electron chi connectivity index (χ1n) is 4.81. The van der Waals surface area contributed by atoms with Gasteiger partial charge in [0.25, 0.3) is 0 Å². The van der Waals surface area contributed by atoms with Gasteiger partial charge in [-0.2, -0.15) is 0 Å². The van der Waals surface area contributed by atoms with E-state index in [1.165, 1.54) is 0 Å². The molecule has 1 heterocycles. The Balaban J connectivity index is 2.15. The molecule has 2 aromatic rings. The molecule has 1 aromatic heterocycles. The molecule has 1 aromatic carbocycles. The lowest BCUT2D eigenvalue weighted by Gasteiger charge is -2.03. The van der Waals surface area contributed by atoms with Crippen LogP contribution in [-0.2, 0) is 23.6 Å². The maximum Gasteiger partial charge on any atom is 0.106 e. The molecule has 0 radical (unpaired) electrons. The standard InChI is InChI=1S/C12H13NOS/c1-13-9-5-8-12(13)15(14)10-11-6-3-2-4-7-11/h2-9H,10H2,1H3. The molecule has 2 rings (SSSR count). The third-order valence-corrected chi connectivity index (χ3v) is 3.76. The number of rotatable bonds is 3. The highest BCUT2D eigenvalue weighted by Crippen LogP contribution is 2.11.